The average Bonchev–Trinajstić information content (AvgIpc) is 2.79. The van der Waals surface area contributed by atoms with Gasteiger partial charge in [0.1, 0.15) is 0 Å². The van der Waals surface area contributed by atoms with E-state index in [1.807, 2.05) is 0 Å². The molecular weight excluding hydrogens is 630 g/mol. The van der Waals surface area contributed by atoms with Crippen molar-refractivity contribution in [2.75, 3.05) is 26.4 Å². The molecule has 200 valence electrons. The summed E-state index contributed by atoms with van der Waals surface area (Å²) in [4.78, 5) is 0. The van der Waals surface area contributed by atoms with Crippen molar-refractivity contribution in [1.82, 2.24) is 0 Å². The zero-order chi connectivity index (χ0) is 25.0. The van der Waals surface area contributed by atoms with Crippen LogP contribution in [0.15, 0.2) is 0 Å². The minimum atomic E-state index is -3.76. The Hall–Kier alpha value is 1.40. The third-order valence-electron chi connectivity index (χ3n) is 5.88. The summed E-state index contributed by atoms with van der Waals surface area (Å²) in [5.41, 5.74) is 0. The number of rotatable bonds is 24. The van der Waals surface area contributed by atoms with Crippen molar-refractivity contribution in [3.63, 3.8) is 0 Å². The number of unbranched alkanes of at least 4 members (excludes halogenated alkanes) is 4. The van der Waals surface area contributed by atoms with Gasteiger partial charge >= 0.3 is 219 Å². The van der Waals surface area contributed by atoms with E-state index in [1.54, 1.807) is 0 Å². The zero-order valence-corrected chi connectivity index (χ0v) is 29.2. The van der Waals surface area contributed by atoms with Crippen molar-refractivity contribution in [2.45, 2.75) is 137 Å². The van der Waals surface area contributed by atoms with Gasteiger partial charge in [0.05, 0.1) is 0 Å². The molecule has 0 unspecified atom stereocenters. The van der Waals surface area contributed by atoms with Gasteiger partial charge < -0.3 is 0 Å². The van der Waals surface area contributed by atoms with Gasteiger partial charge in [0.25, 0.3) is 0 Å². The van der Waals surface area contributed by atoms with Gasteiger partial charge in [0.2, 0.25) is 0 Å². The van der Waals surface area contributed by atoms with E-state index in [0.717, 1.165) is 17.3 Å². The molecular formula is C26H58O5Sn2. The van der Waals surface area contributed by atoms with Crippen molar-refractivity contribution < 1.29 is 17.0 Å². The first kappa shape index (κ1) is 34.4. The van der Waals surface area contributed by atoms with Crippen LogP contribution in [0.3, 0.4) is 0 Å². The predicted octanol–water partition coefficient (Wildman–Crippen LogP) is 7.97. The number of hydrogen-bond donors (Lipinski definition) is 0. The Morgan fingerprint density at radius 2 is 0.879 bits per heavy atom. The van der Waals surface area contributed by atoms with Crippen LogP contribution < -0.4 is 0 Å². The molecule has 0 saturated heterocycles. The summed E-state index contributed by atoms with van der Waals surface area (Å²) in [6.07, 6.45) is 10.3. The van der Waals surface area contributed by atoms with Crippen LogP contribution in [-0.2, 0) is 17.0 Å². The third kappa shape index (κ3) is 17.5. The number of hydrogen-bond acceptors (Lipinski definition) is 5. The van der Waals surface area contributed by atoms with Crippen LogP contribution in [0.25, 0.3) is 0 Å². The first-order chi connectivity index (χ1) is 15.8. The van der Waals surface area contributed by atoms with Gasteiger partial charge in [-0.25, -0.2) is 0 Å². The molecule has 0 atom stereocenters. The van der Waals surface area contributed by atoms with Crippen LogP contribution in [0.1, 0.15) is 107 Å². The van der Waals surface area contributed by atoms with Crippen molar-refractivity contribution in [1.29, 1.82) is 0 Å². The summed E-state index contributed by atoms with van der Waals surface area (Å²) < 4.78 is 37.5. The van der Waals surface area contributed by atoms with Crippen molar-refractivity contribution in [2.24, 2.45) is 0 Å². The molecule has 5 nitrogen and oxygen atoms in total. The van der Waals surface area contributed by atoms with E-state index < -0.39 is 38.4 Å². The second-order valence-electron chi connectivity index (χ2n) is 9.92. The van der Waals surface area contributed by atoms with E-state index in [0.29, 0.717) is 26.4 Å². The molecule has 0 heterocycles. The molecule has 0 aromatic heterocycles. The van der Waals surface area contributed by atoms with E-state index in [-0.39, 0.29) is 12.2 Å². The van der Waals surface area contributed by atoms with Crippen LogP contribution in [0.5, 0.6) is 0 Å². The average molecular weight is 688 g/mol. The van der Waals surface area contributed by atoms with E-state index in [1.165, 1.54) is 51.8 Å². The van der Waals surface area contributed by atoms with Crippen LogP contribution in [0, 0.1) is 0 Å². The summed E-state index contributed by atoms with van der Waals surface area (Å²) in [5.74, 6) is 0. The molecule has 0 aliphatic heterocycles. The SMILES string of the molecule is CCC[CH2][Sn]([CH2]CCC)([CH2]CCC)[O][Sn]([CH2]CCC)([O]CCOC(C)C)[O]CCOC(C)C. The fourth-order valence-corrected chi connectivity index (χ4v) is 46.3. The van der Waals surface area contributed by atoms with E-state index in [9.17, 15) is 0 Å². The van der Waals surface area contributed by atoms with Gasteiger partial charge in [-0.3, -0.25) is 0 Å². The fourth-order valence-electron chi connectivity index (χ4n) is 4.01. The Labute approximate surface area is 217 Å². The standard InChI is InChI=1S/2C5H11O2.4C4H9.O.2Sn/c2*1-5(2)7-4-3-6;4*1-3-4-2;;;/h2*5H,3-4H2,1-2H3;4*1,3-4H2,2H3;;;/q2*-1;;;;;;;+2. The monoisotopic (exact) mass is 690 g/mol. The molecule has 7 heteroatoms. The van der Waals surface area contributed by atoms with E-state index in [4.69, 9.17) is 17.0 Å². The molecule has 0 aromatic rings. The van der Waals surface area contributed by atoms with Gasteiger partial charge in [0, 0.05) is 0 Å². The molecule has 33 heavy (non-hydrogen) atoms. The topological polar surface area (TPSA) is 46.2 Å². The van der Waals surface area contributed by atoms with Crippen molar-refractivity contribution in [3.8, 4) is 0 Å². The summed E-state index contributed by atoms with van der Waals surface area (Å²) >= 11 is -6.64. The molecule has 0 radical (unpaired) electrons. The van der Waals surface area contributed by atoms with Crippen LogP contribution in [0.4, 0.5) is 0 Å². The van der Waals surface area contributed by atoms with E-state index in [2.05, 4.69) is 55.4 Å². The van der Waals surface area contributed by atoms with Gasteiger partial charge in [-0.2, -0.15) is 0 Å². The maximum absolute atomic E-state index is 7.51. The Bertz CT molecular complexity index is 397. The van der Waals surface area contributed by atoms with Crippen molar-refractivity contribution in [3.05, 3.63) is 0 Å². The molecule has 0 amide bonds. The van der Waals surface area contributed by atoms with Crippen molar-refractivity contribution >= 4 is 38.4 Å². The first-order valence-corrected chi connectivity index (χ1v) is 26.7. The van der Waals surface area contributed by atoms with Crippen LogP contribution in [0.2, 0.25) is 17.7 Å². The van der Waals surface area contributed by atoms with Crippen LogP contribution in [-0.4, -0.2) is 77.0 Å². The first-order valence-electron chi connectivity index (χ1n) is 14.0. The molecule has 0 aliphatic carbocycles. The predicted molar refractivity (Wildman–Crippen MR) is 146 cm³/mol. The second kappa shape index (κ2) is 21.5. The Morgan fingerprint density at radius 1 is 0.515 bits per heavy atom. The second-order valence-corrected chi connectivity index (χ2v) is 32.4. The molecule has 0 N–H and O–H groups in total. The Kier molecular flexibility index (Phi) is 22.4. The summed E-state index contributed by atoms with van der Waals surface area (Å²) in [6, 6.07) is 0. The third-order valence-corrected chi connectivity index (χ3v) is 39.5. The molecule has 0 aliphatic rings. The molecule has 0 spiro atoms. The Balaban J connectivity index is 5.81. The molecule has 0 aromatic carbocycles. The van der Waals surface area contributed by atoms with Gasteiger partial charge in [-0.1, -0.05) is 0 Å². The minimum absolute atomic E-state index is 0.215. The normalized spacial score (nSPS) is 12.9. The van der Waals surface area contributed by atoms with Crippen LogP contribution >= 0.6 is 0 Å². The fraction of sp³-hybridized carbons (Fsp3) is 1.00. The summed E-state index contributed by atoms with van der Waals surface area (Å²) in [5, 5.41) is 0. The summed E-state index contributed by atoms with van der Waals surface area (Å²) in [6.45, 7) is 19.9. The number of ether oxygens (including phenoxy) is 2. The molecule has 0 rings (SSSR count). The van der Waals surface area contributed by atoms with Gasteiger partial charge in [-0.15, -0.1) is 0 Å². The van der Waals surface area contributed by atoms with E-state index >= 15 is 0 Å². The van der Waals surface area contributed by atoms with Gasteiger partial charge in [-0.05, 0) is 0 Å². The quantitative estimate of drug-likeness (QED) is 0.0761. The maximum atomic E-state index is 7.51. The zero-order valence-electron chi connectivity index (χ0n) is 23.5. The molecule has 0 bridgehead atoms. The molecule has 0 fully saturated rings. The molecule has 0 saturated carbocycles. The summed E-state index contributed by atoms with van der Waals surface area (Å²) in [7, 11) is 0. The van der Waals surface area contributed by atoms with Gasteiger partial charge in [0.15, 0.2) is 0 Å². The Morgan fingerprint density at radius 3 is 1.21 bits per heavy atom.